The van der Waals surface area contributed by atoms with E-state index in [2.05, 4.69) is 67.6 Å². The molecule has 326 valence electrons. The van der Waals surface area contributed by atoms with Crippen LogP contribution in [0.25, 0.3) is 11.3 Å². The summed E-state index contributed by atoms with van der Waals surface area (Å²) in [5, 5.41) is 10.1. The number of carbonyl (C=O) groups is 3. The third-order valence-corrected chi connectivity index (χ3v) is 13.4. The Labute approximate surface area is 360 Å². The van der Waals surface area contributed by atoms with Crippen LogP contribution >= 0.6 is 0 Å². The Bertz CT molecular complexity index is 2400. The molecule has 7 heterocycles. The topological polar surface area (TPSA) is 141 Å². The van der Waals surface area contributed by atoms with Gasteiger partial charge in [0.15, 0.2) is 0 Å². The van der Waals surface area contributed by atoms with Gasteiger partial charge in [-0.25, -0.2) is 13.5 Å². The van der Waals surface area contributed by atoms with E-state index in [-0.39, 0.29) is 30.2 Å². The summed E-state index contributed by atoms with van der Waals surface area (Å²) in [6, 6.07) is 13.3. The zero-order valence-electron chi connectivity index (χ0n) is 35.8. The third kappa shape index (κ3) is 8.24. The fourth-order valence-corrected chi connectivity index (χ4v) is 9.90. The third-order valence-electron chi connectivity index (χ3n) is 13.4. The molecule has 0 saturated carbocycles. The zero-order valence-corrected chi connectivity index (χ0v) is 35.8. The summed E-state index contributed by atoms with van der Waals surface area (Å²) < 4.78 is 38.6. The standard InChI is InChI=1S/C46H54F2N10O4/c1-27-6-5-19-62-45-35(25-49-55(45)4)39-21-29(20-28(2)50-39)43(60)53-46-51-38-9-7-32(24-40(38)58(46)26-27)54(3)30-11-15-56(16-12-30)31-13-17-57(18-14-31)33-22-36(47)42(37(48)23-33)34-8-10-41(59)52-44(34)61/h7,9,20-25,27,30-31,34H,5-6,8,10-19,26H2,1-4H3,(H,51,53,60)(H,52,59,61)/t27-,34-/m1/s1. The molecule has 9 rings (SSSR count). The zero-order chi connectivity index (χ0) is 43.2. The number of aliphatic imine (C=N–C) groups is 1. The predicted octanol–water partition coefficient (Wildman–Crippen LogP) is 6.40. The number of likely N-dealkylation sites (tertiary alicyclic amines) is 1. The molecule has 16 heteroatoms. The molecule has 2 atom stereocenters. The first-order valence-corrected chi connectivity index (χ1v) is 21.9. The van der Waals surface area contributed by atoms with E-state index in [0.29, 0.717) is 72.8 Å². The van der Waals surface area contributed by atoms with Gasteiger partial charge >= 0.3 is 0 Å². The van der Waals surface area contributed by atoms with Crippen molar-refractivity contribution in [3.8, 4) is 17.1 Å². The lowest BCUT2D eigenvalue weighted by molar-refractivity contribution is -0.134. The number of anilines is 4. The molecule has 2 N–H and O–H groups in total. The van der Waals surface area contributed by atoms with E-state index in [1.54, 1.807) is 23.0 Å². The van der Waals surface area contributed by atoms with Gasteiger partial charge in [-0.1, -0.05) is 6.92 Å². The van der Waals surface area contributed by atoms with Crippen molar-refractivity contribution in [1.29, 1.82) is 0 Å². The van der Waals surface area contributed by atoms with E-state index in [1.807, 2.05) is 18.9 Å². The van der Waals surface area contributed by atoms with Gasteiger partial charge in [-0.15, -0.1) is 0 Å². The lowest BCUT2D eigenvalue weighted by Gasteiger charge is -2.44. The summed E-state index contributed by atoms with van der Waals surface area (Å²) in [6.07, 6.45) is 7.42. The number of carbonyl (C=O) groups excluding carboxylic acids is 3. The Hall–Kier alpha value is -5.90. The number of benzene rings is 2. The second kappa shape index (κ2) is 17.1. The SMILES string of the molecule is Cc1cc2cc(n1)-c1cnn(C)c1OCCC[C@@H](C)CN1/C(=N/C2=O)Nc2ccc(N(C)C3CCN(C4CCN(c5cc(F)c([C@H]6CCC(=O)NC6=O)c(F)c5)CC4)CC3)cc21. The van der Waals surface area contributed by atoms with Crippen LogP contribution in [0.1, 0.15) is 85.8 Å². The van der Waals surface area contributed by atoms with Crippen molar-refractivity contribution in [2.75, 3.05) is 66.4 Å². The van der Waals surface area contributed by atoms with Gasteiger partial charge in [0, 0.05) is 93.5 Å². The maximum Gasteiger partial charge on any atom is 0.280 e. The van der Waals surface area contributed by atoms with E-state index in [1.165, 1.54) is 12.1 Å². The van der Waals surface area contributed by atoms with Crippen LogP contribution in [-0.2, 0) is 16.6 Å². The summed E-state index contributed by atoms with van der Waals surface area (Å²) in [5.41, 5.74) is 5.72. The molecule has 0 radical (unpaired) electrons. The van der Waals surface area contributed by atoms with Crippen LogP contribution in [-0.4, -0.2) is 102 Å². The molecule has 14 nitrogen and oxygen atoms in total. The summed E-state index contributed by atoms with van der Waals surface area (Å²) in [5.74, 6) is -2.51. The highest BCUT2D eigenvalue weighted by Crippen LogP contribution is 2.39. The lowest BCUT2D eigenvalue weighted by atomic mass is 9.89. The molecule has 0 unspecified atom stereocenters. The number of nitrogens with one attached hydrogen (secondary N) is 2. The van der Waals surface area contributed by atoms with E-state index in [9.17, 15) is 14.4 Å². The average molecular weight is 849 g/mol. The normalized spacial score (nSPS) is 22.6. The highest BCUT2D eigenvalue weighted by molar-refractivity contribution is 6.19. The first-order chi connectivity index (χ1) is 29.9. The largest absolute Gasteiger partial charge is 0.477 e. The fraction of sp³-hybridized carbons (Fsp3) is 0.478. The first kappa shape index (κ1) is 41.5. The number of imide groups is 1. The van der Waals surface area contributed by atoms with E-state index in [4.69, 9.17) is 9.72 Å². The minimum atomic E-state index is -1.01. The molecule has 5 aliphatic rings. The van der Waals surface area contributed by atoms with E-state index in [0.717, 1.165) is 74.2 Å². The summed E-state index contributed by atoms with van der Waals surface area (Å²) in [4.78, 5) is 56.3. The number of ether oxygens (including phenoxy) is 1. The number of hydrogen-bond acceptors (Lipinski definition) is 11. The number of piperidine rings is 3. The molecular formula is C46H54F2N10O4. The van der Waals surface area contributed by atoms with Crippen molar-refractivity contribution in [3.05, 3.63) is 77.1 Å². The second-order valence-corrected chi connectivity index (χ2v) is 17.6. The number of rotatable bonds is 5. The number of amides is 3. The molecular weight excluding hydrogens is 795 g/mol. The number of nitrogens with zero attached hydrogens (tertiary/aromatic N) is 8. The highest BCUT2D eigenvalue weighted by atomic mass is 19.1. The number of halogens is 2. The summed E-state index contributed by atoms with van der Waals surface area (Å²) in [6.45, 7) is 8.57. The molecule has 2 bridgehead atoms. The van der Waals surface area contributed by atoms with Crippen LogP contribution in [0.5, 0.6) is 5.88 Å². The van der Waals surface area contributed by atoms with E-state index >= 15 is 8.78 Å². The van der Waals surface area contributed by atoms with Crippen LogP contribution in [0.15, 0.2) is 53.7 Å². The van der Waals surface area contributed by atoms with Gasteiger partial charge in [0.25, 0.3) is 5.91 Å². The smallest absolute Gasteiger partial charge is 0.280 e. The van der Waals surface area contributed by atoms with Crippen molar-refractivity contribution in [2.45, 2.75) is 83.2 Å². The molecule has 0 aliphatic carbocycles. The Morgan fingerprint density at radius 1 is 0.903 bits per heavy atom. The van der Waals surface area contributed by atoms with Gasteiger partial charge in [-0.2, -0.15) is 10.1 Å². The predicted molar refractivity (Wildman–Crippen MR) is 234 cm³/mol. The minimum Gasteiger partial charge on any atom is -0.477 e. The number of hydrogen-bond donors (Lipinski definition) is 2. The number of pyridine rings is 1. The lowest BCUT2D eigenvalue weighted by Crippen LogP contribution is -2.50. The van der Waals surface area contributed by atoms with Crippen LogP contribution in [0, 0.1) is 24.5 Å². The van der Waals surface area contributed by atoms with Crippen LogP contribution < -0.4 is 30.1 Å². The van der Waals surface area contributed by atoms with E-state index < -0.39 is 29.4 Å². The number of aromatic nitrogens is 3. The van der Waals surface area contributed by atoms with Crippen LogP contribution in [0.3, 0.4) is 0 Å². The van der Waals surface area contributed by atoms with Crippen molar-refractivity contribution in [2.24, 2.45) is 18.0 Å². The van der Waals surface area contributed by atoms with Gasteiger partial charge in [0.1, 0.15) is 11.6 Å². The monoisotopic (exact) mass is 848 g/mol. The van der Waals surface area contributed by atoms with Crippen LogP contribution in [0.4, 0.5) is 31.5 Å². The molecule has 62 heavy (non-hydrogen) atoms. The van der Waals surface area contributed by atoms with Gasteiger partial charge in [0.05, 0.1) is 41.4 Å². The molecule has 3 amide bonds. The van der Waals surface area contributed by atoms with Crippen molar-refractivity contribution in [1.82, 2.24) is 25.0 Å². The second-order valence-electron chi connectivity index (χ2n) is 17.6. The number of guanidine groups is 1. The molecule has 2 aromatic heterocycles. The molecule has 3 saturated heterocycles. The Balaban J connectivity index is 0.847. The quantitative estimate of drug-likeness (QED) is 0.216. The Morgan fingerprint density at radius 3 is 2.40 bits per heavy atom. The Kier molecular flexibility index (Phi) is 11.4. The van der Waals surface area contributed by atoms with Crippen molar-refractivity contribution in [3.63, 3.8) is 0 Å². The average Bonchev–Trinajstić information content (AvgIpc) is 3.80. The van der Waals surface area contributed by atoms with Crippen LogP contribution in [0.2, 0.25) is 0 Å². The number of aryl methyl sites for hydroxylation is 2. The highest BCUT2D eigenvalue weighted by Gasteiger charge is 2.35. The minimum absolute atomic E-state index is 0.0597. The maximum atomic E-state index is 15.3. The van der Waals surface area contributed by atoms with Gasteiger partial charge in [0.2, 0.25) is 23.7 Å². The molecule has 0 spiro atoms. The maximum absolute atomic E-state index is 15.3. The van der Waals surface area contributed by atoms with Crippen molar-refractivity contribution < 1.29 is 27.9 Å². The first-order valence-electron chi connectivity index (χ1n) is 21.9. The molecule has 4 aromatic rings. The summed E-state index contributed by atoms with van der Waals surface area (Å²) >= 11 is 0. The molecule has 2 aromatic carbocycles. The number of fused-ring (bicyclic) bond motifs is 7. The fourth-order valence-electron chi connectivity index (χ4n) is 9.90. The van der Waals surface area contributed by atoms with Crippen molar-refractivity contribution >= 4 is 46.4 Å². The Morgan fingerprint density at radius 2 is 1.66 bits per heavy atom. The van der Waals surface area contributed by atoms with Gasteiger partial charge in [-0.05, 0) is 100 Å². The van der Waals surface area contributed by atoms with Gasteiger partial charge in [-0.3, -0.25) is 24.7 Å². The molecule has 3 fully saturated rings. The summed E-state index contributed by atoms with van der Waals surface area (Å²) in [7, 11) is 4.01. The molecule has 5 aliphatic heterocycles. The van der Waals surface area contributed by atoms with Gasteiger partial charge < -0.3 is 29.7 Å².